The summed E-state index contributed by atoms with van der Waals surface area (Å²) in [5.74, 6) is 0.346. The third-order valence-corrected chi connectivity index (χ3v) is 10.2. The maximum atomic E-state index is 13.6. The van der Waals surface area contributed by atoms with Crippen molar-refractivity contribution in [3.8, 4) is 17.6 Å². The first-order valence-corrected chi connectivity index (χ1v) is 16.4. The first-order chi connectivity index (χ1) is 21.2. The minimum Gasteiger partial charge on any atom is -0.477 e. The Labute approximate surface area is 259 Å². The molecule has 15 heteroatoms. The van der Waals surface area contributed by atoms with E-state index in [0.717, 1.165) is 19.3 Å². The van der Waals surface area contributed by atoms with E-state index in [1.807, 2.05) is 18.7 Å². The summed E-state index contributed by atoms with van der Waals surface area (Å²) < 4.78 is 81.3. The fourth-order valence-electron chi connectivity index (χ4n) is 6.15. The molecule has 4 bridgehead atoms. The molecule has 0 aromatic carbocycles. The van der Waals surface area contributed by atoms with E-state index < -0.39 is 33.1 Å². The van der Waals surface area contributed by atoms with Gasteiger partial charge in [-0.15, -0.1) is 5.10 Å². The van der Waals surface area contributed by atoms with Gasteiger partial charge in [0, 0.05) is 29.9 Å². The lowest BCUT2D eigenvalue weighted by molar-refractivity contribution is -0.190. The number of fused-ring (bicyclic) bond motifs is 6. The van der Waals surface area contributed by atoms with Gasteiger partial charge in [0.25, 0.3) is 15.9 Å². The average molecular weight is 649 g/mol. The normalized spacial score (nSPS) is 22.0. The zero-order valence-electron chi connectivity index (χ0n) is 25.2. The zero-order valence-corrected chi connectivity index (χ0v) is 26.0. The number of aryl methyl sites for hydroxylation is 1. The molecule has 6 rings (SSSR count). The summed E-state index contributed by atoms with van der Waals surface area (Å²) in [5, 5.41) is 4.00. The van der Waals surface area contributed by atoms with Gasteiger partial charge in [0.15, 0.2) is 10.8 Å². The standard InChI is InChI=1S/C30H35F3N6O5S/c1-19-6-9-24-35-27(19)44-15-4-5-20-17-28(2,3)38(18-20)25-21(26(40)37-45(24,41)42)7-8-22(34-25)39-14-10-23(36-39)43-16-13-29(11-12-29)30(31,32)33/h6-10,14,20H,4-5,11-13,15-18H2,1-3H3,(H,37,40)/t20-/m0/s1. The fraction of sp³-hybridized carbons (Fsp3) is 0.533. The van der Waals surface area contributed by atoms with Crippen LogP contribution in [0.15, 0.2) is 41.6 Å². The number of anilines is 1. The smallest absolute Gasteiger partial charge is 0.394 e. The summed E-state index contributed by atoms with van der Waals surface area (Å²) in [7, 11) is -4.36. The van der Waals surface area contributed by atoms with Gasteiger partial charge in [-0.2, -0.15) is 26.6 Å². The lowest BCUT2D eigenvalue weighted by Crippen LogP contribution is -2.41. The minimum atomic E-state index is -4.36. The predicted octanol–water partition coefficient (Wildman–Crippen LogP) is 4.98. The molecule has 2 aliphatic heterocycles. The molecule has 11 nitrogen and oxygen atoms in total. The molecule has 0 spiro atoms. The van der Waals surface area contributed by atoms with Crippen LogP contribution in [0.5, 0.6) is 11.8 Å². The Hall–Kier alpha value is -3.88. The van der Waals surface area contributed by atoms with Crippen LogP contribution >= 0.6 is 0 Å². The van der Waals surface area contributed by atoms with Gasteiger partial charge in [0.05, 0.1) is 24.2 Å². The quantitative estimate of drug-likeness (QED) is 0.408. The molecule has 5 heterocycles. The van der Waals surface area contributed by atoms with Crippen molar-refractivity contribution in [3.63, 3.8) is 0 Å². The highest BCUT2D eigenvalue weighted by Crippen LogP contribution is 2.59. The Bertz CT molecular complexity index is 1720. The molecular weight excluding hydrogens is 613 g/mol. The third-order valence-electron chi connectivity index (χ3n) is 8.93. The number of aromatic nitrogens is 4. The number of alkyl halides is 3. The van der Waals surface area contributed by atoms with Crippen molar-refractivity contribution in [1.82, 2.24) is 24.5 Å². The van der Waals surface area contributed by atoms with Crippen molar-refractivity contribution in [1.29, 1.82) is 0 Å². The van der Waals surface area contributed by atoms with Gasteiger partial charge in [0.2, 0.25) is 11.8 Å². The third kappa shape index (κ3) is 6.18. The number of carbonyl (C=O) groups excluding carboxylic acids is 1. The first kappa shape index (κ1) is 31.1. The number of halogens is 3. The second-order valence-corrected chi connectivity index (χ2v) is 14.3. The summed E-state index contributed by atoms with van der Waals surface area (Å²) in [5.41, 5.74) is -1.35. The molecule has 3 aliphatic rings. The number of amides is 1. The Morgan fingerprint density at radius 1 is 1.13 bits per heavy atom. The first-order valence-electron chi connectivity index (χ1n) is 14.9. The van der Waals surface area contributed by atoms with Crippen molar-refractivity contribution in [2.75, 3.05) is 24.7 Å². The molecule has 1 atom stereocenters. The Morgan fingerprint density at radius 2 is 1.91 bits per heavy atom. The molecule has 1 N–H and O–H groups in total. The van der Waals surface area contributed by atoms with Gasteiger partial charge in [-0.1, -0.05) is 6.07 Å². The maximum absolute atomic E-state index is 13.6. The maximum Gasteiger partial charge on any atom is 0.394 e. The summed E-state index contributed by atoms with van der Waals surface area (Å²) in [4.78, 5) is 24.6. The van der Waals surface area contributed by atoms with Crippen LogP contribution < -0.4 is 19.1 Å². The second-order valence-electron chi connectivity index (χ2n) is 12.7. The number of sulfonamides is 1. The highest BCUT2D eigenvalue weighted by atomic mass is 32.2. The number of hydrogen-bond acceptors (Lipinski definition) is 9. The van der Waals surface area contributed by atoms with E-state index in [9.17, 15) is 26.4 Å². The molecule has 1 aliphatic carbocycles. The van der Waals surface area contributed by atoms with E-state index in [4.69, 9.17) is 14.5 Å². The number of nitrogens with one attached hydrogen (secondary N) is 1. The monoisotopic (exact) mass is 648 g/mol. The van der Waals surface area contributed by atoms with Gasteiger partial charge in [-0.05, 0) is 83.4 Å². The Morgan fingerprint density at radius 3 is 2.64 bits per heavy atom. The van der Waals surface area contributed by atoms with Gasteiger partial charge in [-0.3, -0.25) is 4.79 Å². The molecule has 1 saturated heterocycles. The van der Waals surface area contributed by atoms with Crippen molar-refractivity contribution >= 4 is 21.7 Å². The molecule has 1 saturated carbocycles. The largest absolute Gasteiger partial charge is 0.477 e. The molecule has 0 radical (unpaired) electrons. The van der Waals surface area contributed by atoms with E-state index in [1.54, 1.807) is 19.2 Å². The molecular formula is C30H35F3N6O5S. The minimum absolute atomic E-state index is 0.0556. The van der Waals surface area contributed by atoms with Crippen LogP contribution in [0.1, 0.15) is 68.3 Å². The number of rotatable bonds is 5. The molecule has 2 fully saturated rings. The van der Waals surface area contributed by atoms with Crippen LogP contribution in [0.4, 0.5) is 19.0 Å². The Kier molecular flexibility index (Phi) is 7.73. The van der Waals surface area contributed by atoms with E-state index >= 15 is 0 Å². The zero-order chi connectivity index (χ0) is 32.2. The number of pyridine rings is 2. The van der Waals surface area contributed by atoms with Crippen LogP contribution in [0.2, 0.25) is 0 Å². The van der Waals surface area contributed by atoms with Gasteiger partial charge < -0.3 is 14.4 Å². The summed E-state index contributed by atoms with van der Waals surface area (Å²) in [6.07, 6.45) is -0.248. The Balaban J connectivity index is 1.31. The number of hydrogen-bond donors (Lipinski definition) is 1. The highest BCUT2D eigenvalue weighted by molar-refractivity contribution is 7.90. The number of ether oxygens (including phenoxy) is 2. The van der Waals surface area contributed by atoms with E-state index in [1.165, 1.54) is 28.9 Å². The van der Waals surface area contributed by atoms with E-state index in [0.29, 0.717) is 24.5 Å². The van der Waals surface area contributed by atoms with Crippen molar-refractivity contribution in [2.45, 2.75) is 76.0 Å². The van der Waals surface area contributed by atoms with Crippen LogP contribution in [0.25, 0.3) is 5.82 Å². The lowest BCUT2D eigenvalue weighted by atomic mass is 9.93. The summed E-state index contributed by atoms with van der Waals surface area (Å²) in [6, 6.07) is 7.44. The number of nitrogens with zero attached hydrogens (tertiary/aromatic N) is 5. The molecule has 3 aromatic rings. The summed E-state index contributed by atoms with van der Waals surface area (Å²) >= 11 is 0. The van der Waals surface area contributed by atoms with Crippen LogP contribution in [0, 0.1) is 18.3 Å². The molecule has 242 valence electrons. The molecule has 3 aromatic heterocycles. The summed E-state index contributed by atoms with van der Waals surface area (Å²) in [6.45, 7) is 6.68. The van der Waals surface area contributed by atoms with Crippen molar-refractivity contribution < 1.29 is 35.9 Å². The topological polar surface area (TPSA) is 129 Å². The molecule has 0 unspecified atom stereocenters. The lowest BCUT2D eigenvalue weighted by Gasteiger charge is -2.34. The van der Waals surface area contributed by atoms with E-state index in [2.05, 4.69) is 14.8 Å². The van der Waals surface area contributed by atoms with Crippen molar-refractivity contribution in [2.24, 2.45) is 11.3 Å². The number of carbonyl (C=O) groups is 1. The SMILES string of the molecule is Cc1ccc2nc1OCCC[C@@H]1CN(c3nc(-n4ccc(OCCC5(C(F)(F)F)CC5)n4)ccc3C(=O)NS2(=O)=O)C(C)(C)C1. The predicted molar refractivity (Wildman–Crippen MR) is 157 cm³/mol. The molecule has 1 amide bonds. The van der Waals surface area contributed by atoms with Crippen LogP contribution in [-0.4, -0.2) is 65.5 Å². The van der Waals surface area contributed by atoms with Crippen LogP contribution in [0.3, 0.4) is 0 Å². The van der Waals surface area contributed by atoms with Gasteiger partial charge in [0.1, 0.15) is 5.82 Å². The van der Waals surface area contributed by atoms with Crippen LogP contribution in [-0.2, 0) is 10.0 Å². The van der Waals surface area contributed by atoms with E-state index in [-0.39, 0.29) is 60.0 Å². The van der Waals surface area contributed by atoms with Gasteiger partial charge >= 0.3 is 6.18 Å². The van der Waals surface area contributed by atoms with Crippen molar-refractivity contribution in [3.05, 3.63) is 47.7 Å². The fourth-order valence-corrected chi connectivity index (χ4v) is 7.06. The average Bonchev–Trinajstić information content (AvgIpc) is 3.51. The van der Waals surface area contributed by atoms with Gasteiger partial charge in [-0.25, -0.2) is 14.4 Å². The molecule has 45 heavy (non-hydrogen) atoms. The second kappa shape index (κ2) is 11.2. The highest BCUT2D eigenvalue weighted by Gasteiger charge is 2.62.